The van der Waals surface area contributed by atoms with Crippen LogP contribution in [-0.4, -0.2) is 36.5 Å². The zero-order chi connectivity index (χ0) is 16.2. The SMILES string of the molecule is COCc1nn(Cc2ccc3c(c2)CNCC3)cc1C(=O)OC.Cl. The van der Waals surface area contributed by atoms with Crippen molar-refractivity contribution in [2.45, 2.75) is 26.1 Å². The van der Waals surface area contributed by atoms with Gasteiger partial charge in [0.1, 0.15) is 11.3 Å². The van der Waals surface area contributed by atoms with Gasteiger partial charge in [-0.05, 0) is 29.7 Å². The molecule has 3 rings (SSSR count). The maximum Gasteiger partial charge on any atom is 0.341 e. The summed E-state index contributed by atoms with van der Waals surface area (Å²) in [6, 6.07) is 6.52. The molecule has 0 radical (unpaired) electrons. The third kappa shape index (κ3) is 3.95. The van der Waals surface area contributed by atoms with Gasteiger partial charge in [0.2, 0.25) is 0 Å². The van der Waals surface area contributed by atoms with Gasteiger partial charge in [0.05, 0.1) is 20.3 Å². The number of carbonyl (C=O) groups is 1. The number of halogens is 1. The molecule has 1 aliphatic rings. The van der Waals surface area contributed by atoms with Gasteiger partial charge in [0.25, 0.3) is 0 Å². The molecule has 130 valence electrons. The van der Waals surface area contributed by atoms with Crippen LogP contribution >= 0.6 is 12.4 Å². The van der Waals surface area contributed by atoms with E-state index in [1.54, 1.807) is 18.0 Å². The Balaban J connectivity index is 0.00000208. The molecular weight excluding hydrogens is 330 g/mol. The molecule has 2 aromatic rings. The molecule has 0 bridgehead atoms. The van der Waals surface area contributed by atoms with Gasteiger partial charge >= 0.3 is 5.97 Å². The van der Waals surface area contributed by atoms with Crippen molar-refractivity contribution < 1.29 is 14.3 Å². The summed E-state index contributed by atoms with van der Waals surface area (Å²) < 4.78 is 11.7. The van der Waals surface area contributed by atoms with Crippen LogP contribution in [0.5, 0.6) is 0 Å². The number of hydrogen-bond donors (Lipinski definition) is 1. The number of esters is 1. The topological polar surface area (TPSA) is 65.4 Å². The van der Waals surface area contributed by atoms with Crippen molar-refractivity contribution in [3.63, 3.8) is 0 Å². The number of nitrogens with one attached hydrogen (secondary N) is 1. The number of aromatic nitrogens is 2. The first-order valence-corrected chi connectivity index (χ1v) is 7.66. The highest BCUT2D eigenvalue weighted by Crippen LogP contribution is 2.17. The van der Waals surface area contributed by atoms with Crippen LogP contribution in [-0.2, 0) is 35.6 Å². The lowest BCUT2D eigenvalue weighted by atomic mass is 9.98. The van der Waals surface area contributed by atoms with Crippen LogP contribution in [0.15, 0.2) is 24.4 Å². The maximum atomic E-state index is 11.8. The van der Waals surface area contributed by atoms with E-state index in [-0.39, 0.29) is 19.0 Å². The first-order chi connectivity index (χ1) is 11.2. The largest absolute Gasteiger partial charge is 0.465 e. The third-order valence-corrected chi connectivity index (χ3v) is 4.03. The first kappa shape index (κ1) is 18.4. The molecule has 0 saturated carbocycles. The minimum Gasteiger partial charge on any atom is -0.465 e. The van der Waals surface area contributed by atoms with Crippen molar-refractivity contribution in [1.29, 1.82) is 0 Å². The van der Waals surface area contributed by atoms with Gasteiger partial charge in [-0.15, -0.1) is 12.4 Å². The summed E-state index contributed by atoms with van der Waals surface area (Å²) in [4.78, 5) is 11.8. The van der Waals surface area contributed by atoms with Gasteiger partial charge in [-0.3, -0.25) is 4.68 Å². The van der Waals surface area contributed by atoms with Crippen LogP contribution in [0, 0.1) is 0 Å². The highest BCUT2D eigenvalue weighted by atomic mass is 35.5. The van der Waals surface area contributed by atoms with E-state index in [9.17, 15) is 4.79 Å². The molecule has 6 nitrogen and oxygen atoms in total. The quantitative estimate of drug-likeness (QED) is 0.834. The van der Waals surface area contributed by atoms with Crippen LogP contribution in [0.3, 0.4) is 0 Å². The number of ether oxygens (including phenoxy) is 2. The Labute approximate surface area is 147 Å². The first-order valence-electron chi connectivity index (χ1n) is 7.66. The monoisotopic (exact) mass is 351 g/mol. The third-order valence-electron chi connectivity index (χ3n) is 4.03. The zero-order valence-corrected chi connectivity index (χ0v) is 14.7. The normalized spacial score (nSPS) is 13.1. The fraction of sp³-hybridized carbons (Fsp3) is 0.412. The molecular formula is C17H22ClN3O3. The Morgan fingerprint density at radius 2 is 2.17 bits per heavy atom. The van der Waals surface area contributed by atoms with Crippen LogP contribution in [0.25, 0.3) is 0 Å². The van der Waals surface area contributed by atoms with Gasteiger partial charge < -0.3 is 14.8 Å². The second-order valence-electron chi connectivity index (χ2n) is 5.64. The number of methoxy groups -OCH3 is 2. The van der Waals surface area contributed by atoms with Crippen molar-refractivity contribution in [2.24, 2.45) is 0 Å². The van der Waals surface area contributed by atoms with Crippen molar-refractivity contribution >= 4 is 18.4 Å². The Morgan fingerprint density at radius 1 is 1.33 bits per heavy atom. The molecule has 1 aromatic heterocycles. The molecule has 0 unspecified atom stereocenters. The molecule has 2 heterocycles. The molecule has 0 saturated heterocycles. The van der Waals surface area contributed by atoms with Crippen molar-refractivity contribution in [1.82, 2.24) is 15.1 Å². The van der Waals surface area contributed by atoms with E-state index >= 15 is 0 Å². The van der Waals surface area contributed by atoms with Gasteiger partial charge in [-0.1, -0.05) is 18.2 Å². The summed E-state index contributed by atoms with van der Waals surface area (Å²) in [6.07, 6.45) is 2.79. The fourth-order valence-electron chi connectivity index (χ4n) is 2.89. The lowest BCUT2D eigenvalue weighted by Gasteiger charge is -2.17. The minimum absolute atomic E-state index is 0. The Morgan fingerprint density at radius 3 is 2.92 bits per heavy atom. The molecule has 1 aromatic carbocycles. The van der Waals surface area contributed by atoms with E-state index in [4.69, 9.17) is 9.47 Å². The van der Waals surface area contributed by atoms with Crippen molar-refractivity contribution in [3.05, 3.63) is 52.3 Å². The minimum atomic E-state index is -0.391. The molecule has 1 N–H and O–H groups in total. The average molecular weight is 352 g/mol. The summed E-state index contributed by atoms with van der Waals surface area (Å²) in [5, 5.41) is 7.84. The van der Waals surface area contributed by atoms with Crippen LogP contribution in [0.4, 0.5) is 0 Å². The zero-order valence-electron chi connectivity index (χ0n) is 13.9. The van der Waals surface area contributed by atoms with E-state index in [0.717, 1.165) is 25.1 Å². The highest BCUT2D eigenvalue weighted by Gasteiger charge is 2.17. The fourth-order valence-corrected chi connectivity index (χ4v) is 2.89. The smallest absolute Gasteiger partial charge is 0.341 e. The summed E-state index contributed by atoms with van der Waals surface area (Å²) in [5.41, 5.74) is 4.96. The van der Waals surface area contributed by atoms with E-state index in [1.165, 1.54) is 18.2 Å². The number of rotatable bonds is 5. The van der Waals surface area contributed by atoms with Crippen molar-refractivity contribution in [3.8, 4) is 0 Å². The number of hydrogen-bond acceptors (Lipinski definition) is 5. The van der Waals surface area contributed by atoms with Gasteiger partial charge in [0.15, 0.2) is 0 Å². The highest BCUT2D eigenvalue weighted by molar-refractivity contribution is 5.90. The number of benzene rings is 1. The van der Waals surface area contributed by atoms with E-state index in [1.807, 2.05) is 0 Å². The summed E-state index contributed by atoms with van der Waals surface area (Å²) >= 11 is 0. The number of carbonyl (C=O) groups excluding carboxylic acids is 1. The second kappa shape index (κ2) is 8.28. The predicted molar refractivity (Wildman–Crippen MR) is 92.5 cm³/mol. The maximum absolute atomic E-state index is 11.8. The van der Waals surface area contributed by atoms with E-state index < -0.39 is 5.97 Å². The van der Waals surface area contributed by atoms with Crippen LogP contribution < -0.4 is 5.32 Å². The lowest BCUT2D eigenvalue weighted by molar-refractivity contribution is 0.0595. The van der Waals surface area contributed by atoms with E-state index in [0.29, 0.717) is 17.8 Å². The standard InChI is InChI=1S/C17H21N3O3.ClH/c1-22-11-16-15(17(21)23-2)10-20(19-16)9-12-3-4-13-5-6-18-8-14(13)7-12;/h3-4,7,10,18H,5-6,8-9,11H2,1-2H3;1H. The number of fused-ring (bicyclic) bond motifs is 1. The summed E-state index contributed by atoms with van der Waals surface area (Å²) in [6.45, 7) is 2.84. The van der Waals surface area contributed by atoms with E-state index in [2.05, 4.69) is 28.6 Å². The Kier molecular flexibility index (Phi) is 6.36. The number of nitrogens with zero attached hydrogens (tertiary/aromatic N) is 2. The molecule has 7 heteroatoms. The van der Waals surface area contributed by atoms with Crippen molar-refractivity contribution in [2.75, 3.05) is 20.8 Å². The van der Waals surface area contributed by atoms with Crippen LogP contribution in [0.1, 0.15) is 32.7 Å². The molecule has 0 aliphatic carbocycles. The molecule has 0 spiro atoms. The van der Waals surface area contributed by atoms with Gasteiger partial charge in [-0.25, -0.2) is 4.79 Å². The summed E-state index contributed by atoms with van der Waals surface area (Å²) in [7, 11) is 2.95. The molecule has 0 atom stereocenters. The second-order valence-corrected chi connectivity index (χ2v) is 5.64. The summed E-state index contributed by atoms with van der Waals surface area (Å²) in [5.74, 6) is -0.391. The van der Waals surface area contributed by atoms with Gasteiger partial charge in [0, 0.05) is 19.9 Å². The molecule has 1 aliphatic heterocycles. The average Bonchev–Trinajstić information content (AvgIpc) is 2.97. The Hall–Kier alpha value is -1.89. The lowest BCUT2D eigenvalue weighted by Crippen LogP contribution is -2.23. The van der Waals surface area contributed by atoms with Gasteiger partial charge in [-0.2, -0.15) is 5.10 Å². The molecule has 24 heavy (non-hydrogen) atoms. The Bertz CT molecular complexity index is 715. The predicted octanol–water partition coefficient (Wildman–Crippen LogP) is 1.93. The molecule has 0 amide bonds. The van der Waals surface area contributed by atoms with Crippen LogP contribution in [0.2, 0.25) is 0 Å². The molecule has 0 fully saturated rings.